The van der Waals surface area contributed by atoms with Crippen molar-refractivity contribution in [1.82, 2.24) is 0 Å². The Bertz CT molecular complexity index is 956. The third kappa shape index (κ3) is 5.52. The molecule has 2 N–H and O–H groups in total. The predicted molar refractivity (Wildman–Crippen MR) is 108 cm³/mol. The SMILES string of the molecule is CCc1cccc(CC)c1NC(=O)/C(C#N)=C\Nc1ccc(Cl)c(C(F)(F)F)c1. The fourth-order valence-electron chi connectivity index (χ4n) is 2.72. The molecule has 0 atom stereocenters. The van der Waals surface area contributed by atoms with Crippen molar-refractivity contribution < 1.29 is 18.0 Å². The van der Waals surface area contributed by atoms with E-state index in [-0.39, 0.29) is 11.3 Å². The summed E-state index contributed by atoms with van der Waals surface area (Å²) < 4.78 is 38.9. The summed E-state index contributed by atoms with van der Waals surface area (Å²) >= 11 is 5.59. The summed E-state index contributed by atoms with van der Waals surface area (Å²) in [6.07, 6.45) is -2.16. The van der Waals surface area contributed by atoms with Gasteiger partial charge in [0.15, 0.2) is 0 Å². The fourth-order valence-corrected chi connectivity index (χ4v) is 2.95. The molecule has 152 valence electrons. The van der Waals surface area contributed by atoms with E-state index in [4.69, 9.17) is 11.6 Å². The molecule has 2 aromatic rings. The number of para-hydroxylation sites is 1. The number of hydrogen-bond donors (Lipinski definition) is 2. The molecule has 1 amide bonds. The van der Waals surface area contributed by atoms with Crippen LogP contribution in [0.15, 0.2) is 48.2 Å². The number of anilines is 2. The van der Waals surface area contributed by atoms with Gasteiger partial charge in [-0.25, -0.2) is 0 Å². The van der Waals surface area contributed by atoms with E-state index in [1.165, 1.54) is 6.07 Å². The molecule has 0 heterocycles. The summed E-state index contributed by atoms with van der Waals surface area (Å²) in [6, 6.07) is 10.7. The van der Waals surface area contributed by atoms with Crippen LogP contribution in [0.1, 0.15) is 30.5 Å². The van der Waals surface area contributed by atoms with Gasteiger partial charge in [0.25, 0.3) is 5.91 Å². The van der Waals surface area contributed by atoms with Gasteiger partial charge in [-0.2, -0.15) is 18.4 Å². The maximum Gasteiger partial charge on any atom is 0.417 e. The zero-order valence-corrected chi connectivity index (χ0v) is 16.6. The van der Waals surface area contributed by atoms with Crippen LogP contribution in [0.25, 0.3) is 0 Å². The number of halogens is 4. The average molecular weight is 422 g/mol. The Hall–Kier alpha value is -2.98. The van der Waals surface area contributed by atoms with Gasteiger partial charge in [0, 0.05) is 17.6 Å². The molecule has 2 aromatic carbocycles. The molecule has 0 saturated carbocycles. The van der Waals surface area contributed by atoms with Crippen LogP contribution in [0.3, 0.4) is 0 Å². The Kier molecular flexibility index (Phi) is 7.29. The lowest BCUT2D eigenvalue weighted by molar-refractivity contribution is -0.137. The minimum atomic E-state index is -4.62. The Morgan fingerprint density at radius 2 is 1.79 bits per heavy atom. The van der Waals surface area contributed by atoms with Gasteiger partial charge in [-0.05, 0) is 42.2 Å². The quantitative estimate of drug-likeness (QED) is 0.448. The van der Waals surface area contributed by atoms with E-state index in [2.05, 4.69) is 10.6 Å². The van der Waals surface area contributed by atoms with Gasteiger partial charge in [-0.3, -0.25) is 4.79 Å². The van der Waals surface area contributed by atoms with Crippen molar-refractivity contribution in [2.24, 2.45) is 0 Å². The van der Waals surface area contributed by atoms with Crippen LogP contribution >= 0.6 is 11.6 Å². The highest BCUT2D eigenvalue weighted by Gasteiger charge is 2.33. The number of nitrogens with zero attached hydrogens (tertiary/aromatic N) is 1. The monoisotopic (exact) mass is 421 g/mol. The van der Waals surface area contributed by atoms with E-state index < -0.39 is 22.7 Å². The summed E-state index contributed by atoms with van der Waals surface area (Å²) in [5.41, 5.74) is 1.26. The summed E-state index contributed by atoms with van der Waals surface area (Å²) in [5, 5.41) is 14.2. The number of aryl methyl sites for hydroxylation is 2. The highest BCUT2D eigenvalue weighted by Crippen LogP contribution is 2.36. The van der Waals surface area contributed by atoms with Gasteiger partial charge in [0.1, 0.15) is 11.6 Å². The molecular weight excluding hydrogens is 403 g/mol. The molecule has 0 aliphatic carbocycles. The second kappa shape index (κ2) is 9.48. The Morgan fingerprint density at radius 3 is 2.31 bits per heavy atom. The van der Waals surface area contributed by atoms with E-state index in [1.54, 1.807) is 6.07 Å². The van der Waals surface area contributed by atoms with Crippen molar-refractivity contribution in [2.45, 2.75) is 32.9 Å². The molecule has 0 radical (unpaired) electrons. The molecule has 0 fully saturated rings. The lowest BCUT2D eigenvalue weighted by Gasteiger charge is -2.14. The fraction of sp³-hybridized carbons (Fsp3) is 0.238. The number of nitriles is 1. The van der Waals surface area contributed by atoms with Crippen LogP contribution in [-0.2, 0) is 23.8 Å². The molecule has 0 aliphatic heterocycles. The van der Waals surface area contributed by atoms with Crippen LogP contribution in [-0.4, -0.2) is 5.91 Å². The van der Waals surface area contributed by atoms with Crippen molar-refractivity contribution >= 4 is 28.9 Å². The minimum Gasteiger partial charge on any atom is -0.360 e. The second-order valence-corrected chi connectivity index (χ2v) is 6.53. The number of carbonyl (C=O) groups excluding carboxylic acids is 1. The minimum absolute atomic E-state index is 0.0467. The van der Waals surface area contributed by atoms with Crippen molar-refractivity contribution in [2.75, 3.05) is 10.6 Å². The van der Waals surface area contributed by atoms with Crippen LogP contribution in [0.4, 0.5) is 24.5 Å². The molecule has 0 aliphatic rings. The molecule has 0 bridgehead atoms. The number of nitrogens with one attached hydrogen (secondary N) is 2. The maximum atomic E-state index is 13.0. The molecule has 2 rings (SSSR count). The highest BCUT2D eigenvalue weighted by atomic mass is 35.5. The van der Waals surface area contributed by atoms with Crippen molar-refractivity contribution in [1.29, 1.82) is 5.26 Å². The molecule has 0 unspecified atom stereocenters. The van der Waals surface area contributed by atoms with Gasteiger partial charge in [0.05, 0.1) is 10.6 Å². The number of benzene rings is 2. The highest BCUT2D eigenvalue weighted by molar-refractivity contribution is 6.31. The topological polar surface area (TPSA) is 64.9 Å². The number of amides is 1. The first-order valence-electron chi connectivity index (χ1n) is 8.86. The molecule has 8 heteroatoms. The first kappa shape index (κ1) is 22.3. The number of rotatable bonds is 6. The summed E-state index contributed by atoms with van der Waals surface area (Å²) in [7, 11) is 0. The Morgan fingerprint density at radius 1 is 1.17 bits per heavy atom. The Labute approximate surface area is 172 Å². The normalized spacial score (nSPS) is 11.7. The van der Waals surface area contributed by atoms with E-state index in [0.717, 1.165) is 29.5 Å². The van der Waals surface area contributed by atoms with Crippen LogP contribution in [0.5, 0.6) is 0 Å². The summed E-state index contributed by atoms with van der Waals surface area (Å²) in [6.45, 7) is 3.90. The van der Waals surface area contributed by atoms with Crippen molar-refractivity contribution in [3.05, 3.63) is 69.9 Å². The third-order valence-corrected chi connectivity index (χ3v) is 4.59. The summed E-state index contributed by atoms with van der Waals surface area (Å²) in [5.74, 6) is -0.652. The molecule has 0 aromatic heterocycles. The zero-order valence-electron chi connectivity index (χ0n) is 15.8. The summed E-state index contributed by atoms with van der Waals surface area (Å²) in [4.78, 5) is 12.5. The molecule has 29 heavy (non-hydrogen) atoms. The van der Waals surface area contributed by atoms with Crippen molar-refractivity contribution in [3.63, 3.8) is 0 Å². The lowest BCUT2D eigenvalue weighted by atomic mass is 10.0. The van der Waals surface area contributed by atoms with Crippen molar-refractivity contribution in [3.8, 4) is 6.07 Å². The third-order valence-electron chi connectivity index (χ3n) is 4.26. The zero-order chi connectivity index (χ0) is 21.6. The van der Waals surface area contributed by atoms with Gasteiger partial charge in [-0.15, -0.1) is 0 Å². The average Bonchev–Trinajstić information content (AvgIpc) is 2.68. The largest absolute Gasteiger partial charge is 0.417 e. The first-order valence-corrected chi connectivity index (χ1v) is 9.24. The Balaban J connectivity index is 2.26. The lowest BCUT2D eigenvalue weighted by Crippen LogP contribution is -2.17. The van der Waals surface area contributed by atoms with Crippen LogP contribution in [0.2, 0.25) is 5.02 Å². The van der Waals surface area contributed by atoms with E-state index in [0.29, 0.717) is 18.5 Å². The van der Waals surface area contributed by atoms with Gasteiger partial charge in [0.2, 0.25) is 0 Å². The molecular formula is C21H19ClF3N3O. The second-order valence-electron chi connectivity index (χ2n) is 6.12. The van der Waals surface area contributed by atoms with Gasteiger partial charge < -0.3 is 10.6 Å². The van der Waals surface area contributed by atoms with E-state index in [9.17, 15) is 23.2 Å². The number of alkyl halides is 3. The smallest absolute Gasteiger partial charge is 0.360 e. The molecule has 0 saturated heterocycles. The van der Waals surface area contributed by atoms with Crippen LogP contribution < -0.4 is 10.6 Å². The van der Waals surface area contributed by atoms with Gasteiger partial charge >= 0.3 is 6.18 Å². The van der Waals surface area contributed by atoms with E-state index >= 15 is 0 Å². The number of hydrogen-bond acceptors (Lipinski definition) is 3. The molecule has 4 nitrogen and oxygen atoms in total. The standard InChI is InChI=1S/C21H19ClF3N3O/c1-3-13-6-5-7-14(4-2)19(13)28-20(29)15(11-26)12-27-16-8-9-18(22)17(10-16)21(23,24)25/h5-10,12,27H,3-4H2,1-2H3,(H,28,29)/b15-12-. The predicted octanol–water partition coefficient (Wildman–Crippen LogP) is 5.94. The first-order chi connectivity index (χ1) is 13.7. The number of carbonyl (C=O) groups is 1. The maximum absolute atomic E-state index is 13.0. The van der Waals surface area contributed by atoms with Gasteiger partial charge in [-0.1, -0.05) is 43.6 Å². The van der Waals surface area contributed by atoms with E-state index in [1.807, 2.05) is 32.0 Å². The molecule has 0 spiro atoms. The van der Waals surface area contributed by atoms with Crippen LogP contribution in [0, 0.1) is 11.3 Å².